The lowest BCUT2D eigenvalue weighted by Crippen LogP contribution is -2.41. The number of halogens is 1. The molecule has 1 heterocycles. The van der Waals surface area contributed by atoms with Gasteiger partial charge < -0.3 is 4.74 Å². The van der Waals surface area contributed by atoms with Gasteiger partial charge in [-0.05, 0) is 36.5 Å². The molecule has 1 aromatic rings. The number of alkyl halides is 1. The first-order valence-electron chi connectivity index (χ1n) is 6.72. The lowest BCUT2D eigenvalue weighted by molar-refractivity contribution is 0.118. The van der Waals surface area contributed by atoms with Gasteiger partial charge in [-0.3, -0.25) is 0 Å². The molecule has 112 valence electrons. The van der Waals surface area contributed by atoms with E-state index in [1.807, 2.05) is 12.1 Å². The van der Waals surface area contributed by atoms with Gasteiger partial charge in [0.15, 0.2) is 0 Å². The van der Waals surface area contributed by atoms with E-state index in [9.17, 15) is 8.42 Å². The molecule has 20 heavy (non-hydrogen) atoms. The molecule has 1 aliphatic rings. The van der Waals surface area contributed by atoms with Gasteiger partial charge in [0, 0.05) is 25.5 Å². The molecule has 1 atom stereocenters. The number of sulfonamides is 1. The Morgan fingerprint density at radius 1 is 1.35 bits per heavy atom. The highest BCUT2D eigenvalue weighted by Gasteiger charge is 2.30. The summed E-state index contributed by atoms with van der Waals surface area (Å²) in [6.07, 6.45) is 1.93. The molecule has 4 nitrogen and oxygen atoms in total. The Hall–Kier alpha value is -0.430. The summed E-state index contributed by atoms with van der Waals surface area (Å²) < 4.78 is 32.0. The summed E-state index contributed by atoms with van der Waals surface area (Å²) in [6, 6.07) is 7.06. The van der Waals surface area contributed by atoms with Crippen molar-refractivity contribution >= 4 is 26.0 Å². The highest BCUT2D eigenvalue weighted by Crippen LogP contribution is 2.24. The fraction of sp³-hybridized carbons (Fsp3) is 0.571. The van der Waals surface area contributed by atoms with Crippen molar-refractivity contribution in [2.24, 2.45) is 5.92 Å². The molecule has 0 spiro atoms. The fourth-order valence-corrected chi connectivity index (χ4v) is 4.45. The van der Waals surface area contributed by atoms with Crippen molar-refractivity contribution < 1.29 is 13.2 Å². The normalized spacial score (nSPS) is 21.0. The standard InChI is InChI=1S/C14H20BrNO3S/c1-19-11-13-3-2-8-16(10-13)20(17,18)14-6-4-12(9-15)5-7-14/h4-7,13H,2-3,8-11H2,1H3. The van der Waals surface area contributed by atoms with Crippen molar-refractivity contribution in [3.05, 3.63) is 29.8 Å². The first kappa shape index (κ1) is 15.9. The highest BCUT2D eigenvalue weighted by molar-refractivity contribution is 9.08. The van der Waals surface area contributed by atoms with Crippen LogP contribution in [0.4, 0.5) is 0 Å². The number of methoxy groups -OCH3 is 1. The SMILES string of the molecule is COCC1CCCN(S(=O)(=O)c2ccc(CBr)cc2)C1. The minimum absolute atomic E-state index is 0.297. The van der Waals surface area contributed by atoms with Gasteiger partial charge in [-0.15, -0.1) is 0 Å². The summed E-state index contributed by atoms with van der Waals surface area (Å²) in [5.74, 6) is 0.297. The second kappa shape index (κ2) is 7.02. The number of rotatable bonds is 5. The molecule has 0 aromatic heterocycles. The molecule has 0 amide bonds. The van der Waals surface area contributed by atoms with E-state index in [1.165, 1.54) is 0 Å². The van der Waals surface area contributed by atoms with Crippen LogP contribution in [0.2, 0.25) is 0 Å². The second-order valence-corrected chi connectivity index (χ2v) is 7.60. The molecule has 2 rings (SSSR count). The number of nitrogens with zero attached hydrogens (tertiary/aromatic N) is 1. The van der Waals surface area contributed by atoms with Crippen LogP contribution in [0.1, 0.15) is 18.4 Å². The van der Waals surface area contributed by atoms with E-state index >= 15 is 0 Å². The molecule has 6 heteroatoms. The van der Waals surface area contributed by atoms with Gasteiger partial charge in [0.05, 0.1) is 11.5 Å². The minimum Gasteiger partial charge on any atom is -0.384 e. The van der Waals surface area contributed by atoms with Crippen LogP contribution >= 0.6 is 15.9 Å². The van der Waals surface area contributed by atoms with Crippen LogP contribution in [0.3, 0.4) is 0 Å². The monoisotopic (exact) mass is 361 g/mol. The third kappa shape index (κ3) is 3.61. The Labute approximate surface area is 129 Å². The summed E-state index contributed by atoms with van der Waals surface area (Å²) in [4.78, 5) is 0.375. The van der Waals surface area contributed by atoms with E-state index in [1.54, 1.807) is 23.5 Å². The van der Waals surface area contributed by atoms with Crippen LogP contribution in [-0.2, 0) is 20.1 Å². The van der Waals surface area contributed by atoms with Crippen molar-refractivity contribution in [1.29, 1.82) is 0 Å². The number of benzene rings is 1. The summed E-state index contributed by atoms with van der Waals surface area (Å²) in [6.45, 7) is 1.77. The van der Waals surface area contributed by atoms with E-state index in [-0.39, 0.29) is 0 Å². The Bertz CT molecular complexity index is 528. The van der Waals surface area contributed by atoms with Gasteiger partial charge >= 0.3 is 0 Å². The van der Waals surface area contributed by atoms with E-state index in [0.29, 0.717) is 30.5 Å². The Morgan fingerprint density at radius 2 is 2.05 bits per heavy atom. The first-order chi connectivity index (χ1) is 9.57. The smallest absolute Gasteiger partial charge is 0.243 e. The summed E-state index contributed by atoms with van der Waals surface area (Å²) >= 11 is 3.36. The van der Waals surface area contributed by atoms with Gasteiger partial charge in [0.25, 0.3) is 0 Å². The van der Waals surface area contributed by atoms with E-state index < -0.39 is 10.0 Å². The van der Waals surface area contributed by atoms with Crippen LogP contribution in [0.15, 0.2) is 29.2 Å². The Morgan fingerprint density at radius 3 is 2.65 bits per heavy atom. The van der Waals surface area contributed by atoms with E-state index in [0.717, 1.165) is 23.7 Å². The lowest BCUT2D eigenvalue weighted by Gasteiger charge is -2.31. The van der Waals surface area contributed by atoms with Crippen molar-refractivity contribution in [2.75, 3.05) is 26.8 Å². The highest BCUT2D eigenvalue weighted by atomic mass is 79.9. The van der Waals surface area contributed by atoms with Crippen LogP contribution in [0.5, 0.6) is 0 Å². The molecule has 1 unspecified atom stereocenters. The molecule has 0 saturated carbocycles. The van der Waals surface area contributed by atoms with Crippen molar-refractivity contribution in [3.63, 3.8) is 0 Å². The fourth-order valence-electron chi connectivity index (χ4n) is 2.52. The second-order valence-electron chi connectivity index (χ2n) is 5.10. The molecule has 1 fully saturated rings. The molecular formula is C14H20BrNO3S. The Kier molecular flexibility index (Phi) is 5.60. The van der Waals surface area contributed by atoms with Gasteiger partial charge in [-0.2, -0.15) is 4.31 Å². The predicted molar refractivity (Wildman–Crippen MR) is 82.4 cm³/mol. The quantitative estimate of drug-likeness (QED) is 0.757. The van der Waals surface area contributed by atoms with Crippen LogP contribution in [0, 0.1) is 5.92 Å². The predicted octanol–water partition coefficient (Wildman–Crippen LogP) is 2.63. The van der Waals surface area contributed by atoms with Crippen molar-refractivity contribution in [1.82, 2.24) is 4.31 Å². The molecular weight excluding hydrogens is 342 g/mol. The molecule has 0 N–H and O–H groups in total. The minimum atomic E-state index is -3.38. The third-order valence-electron chi connectivity index (χ3n) is 3.60. The lowest BCUT2D eigenvalue weighted by atomic mass is 10.0. The molecule has 0 radical (unpaired) electrons. The number of piperidine rings is 1. The third-order valence-corrected chi connectivity index (χ3v) is 6.13. The summed E-state index contributed by atoms with van der Waals surface area (Å²) in [7, 11) is -1.72. The average molecular weight is 362 g/mol. The van der Waals surface area contributed by atoms with Crippen molar-refractivity contribution in [3.8, 4) is 0 Å². The molecule has 1 saturated heterocycles. The maximum Gasteiger partial charge on any atom is 0.243 e. The zero-order valence-corrected chi connectivity index (χ0v) is 14.0. The van der Waals surface area contributed by atoms with Crippen LogP contribution in [0.25, 0.3) is 0 Å². The topological polar surface area (TPSA) is 46.6 Å². The van der Waals surface area contributed by atoms with Crippen molar-refractivity contribution in [2.45, 2.75) is 23.1 Å². The average Bonchev–Trinajstić information content (AvgIpc) is 2.48. The number of ether oxygens (including phenoxy) is 1. The molecule has 1 aromatic carbocycles. The summed E-state index contributed by atoms with van der Waals surface area (Å²) in [5.41, 5.74) is 1.07. The first-order valence-corrected chi connectivity index (χ1v) is 9.28. The summed E-state index contributed by atoms with van der Waals surface area (Å²) in [5, 5.41) is 0.729. The molecule has 1 aliphatic heterocycles. The molecule has 0 aliphatic carbocycles. The van der Waals surface area contributed by atoms with Gasteiger partial charge in [0.1, 0.15) is 0 Å². The van der Waals surface area contributed by atoms with Crippen LogP contribution in [-0.4, -0.2) is 39.5 Å². The zero-order valence-electron chi connectivity index (χ0n) is 11.6. The van der Waals surface area contributed by atoms with Gasteiger partial charge in [0.2, 0.25) is 10.0 Å². The largest absolute Gasteiger partial charge is 0.384 e. The van der Waals surface area contributed by atoms with E-state index in [4.69, 9.17) is 4.74 Å². The number of hydrogen-bond donors (Lipinski definition) is 0. The Balaban J connectivity index is 2.16. The maximum absolute atomic E-state index is 12.6. The zero-order chi connectivity index (χ0) is 14.6. The number of hydrogen-bond acceptors (Lipinski definition) is 3. The van der Waals surface area contributed by atoms with Gasteiger partial charge in [-0.1, -0.05) is 28.1 Å². The molecule has 0 bridgehead atoms. The van der Waals surface area contributed by atoms with Crippen LogP contribution < -0.4 is 0 Å². The maximum atomic E-state index is 12.6. The van der Waals surface area contributed by atoms with Gasteiger partial charge in [-0.25, -0.2) is 8.42 Å². The van der Waals surface area contributed by atoms with E-state index in [2.05, 4.69) is 15.9 Å².